The third kappa shape index (κ3) is 3.42. The van der Waals surface area contributed by atoms with Crippen LogP contribution in [-0.4, -0.2) is 16.5 Å². The van der Waals surface area contributed by atoms with E-state index in [2.05, 4.69) is 17.1 Å². The largest absolute Gasteiger partial charge is 0.358 e. The van der Waals surface area contributed by atoms with Gasteiger partial charge in [0.05, 0.1) is 5.92 Å². The zero-order valence-corrected chi connectivity index (χ0v) is 13.2. The Labute approximate surface area is 135 Å². The maximum Gasteiger partial charge on any atom is 0.210 e. The molecule has 0 radical (unpaired) electrons. The predicted molar refractivity (Wildman–Crippen MR) is 92.4 cm³/mol. The van der Waals surface area contributed by atoms with Gasteiger partial charge in [0.2, 0.25) is 6.54 Å². The van der Waals surface area contributed by atoms with Crippen molar-refractivity contribution in [1.29, 1.82) is 0 Å². The highest BCUT2D eigenvalue weighted by atomic mass is 16.6. The molecule has 118 valence electrons. The summed E-state index contributed by atoms with van der Waals surface area (Å²) in [7, 11) is 0. The van der Waals surface area contributed by atoms with E-state index in [4.69, 9.17) is 0 Å². The molecule has 0 fully saturated rings. The summed E-state index contributed by atoms with van der Waals surface area (Å²) < 4.78 is 0. The molecule has 0 bridgehead atoms. The molecule has 0 saturated heterocycles. The number of H-pyrrole nitrogens is 1. The highest BCUT2D eigenvalue weighted by Gasteiger charge is 2.23. The number of para-hydroxylation sites is 1. The van der Waals surface area contributed by atoms with E-state index in [1.165, 1.54) is 5.56 Å². The molecule has 1 aromatic heterocycles. The van der Waals surface area contributed by atoms with E-state index >= 15 is 0 Å². The summed E-state index contributed by atoms with van der Waals surface area (Å²) in [5.74, 6) is -0.0821. The standard InChI is InChI=1S/C19H20N2O2/c1-14-19(17-9-5-6-10-18(17)20-14)16(13-21(22)23)12-11-15-7-3-2-4-8-15/h2-10,16,20H,11-13H2,1H3. The summed E-state index contributed by atoms with van der Waals surface area (Å²) in [6.07, 6.45) is 1.62. The zero-order valence-electron chi connectivity index (χ0n) is 13.2. The molecule has 4 nitrogen and oxygen atoms in total. The van der Waals surface area contributed by atoms with Crippen LogP contribution in [0.1, 0.15) is 29.2 Å². The second-order valence-corrected chi connectivity index (χ2v) is 5.95. The molecule has 0 amide bonds. The van der Waals surface area contributed by atoms with Gasteiger partial charge in [-0.2, -0.15) is 0 Å². The van der Waals surface area contributed by atoms with Crippen LogP contribution in [0.5, 0.6) is 0 Å². The average molecular weight is 308 g/mol. The van der Waals surface area contributed by atoms with E-state index in [0.29, 0.717) is 0 Å². The van der Waals surface area contributed by atoms with Crippen LogP contribution in [0.4, 0.5) is 0 Å². The van der Waals surface area contributed by atoms with Crippen LogP contribution in [0.3, 0.4) is 0 Å². The number of nitro groups is 1. The third-order valence-electron chi connectivity index (χ3n) is 4.35. The van der Waals surface area contributed by atoms with Gasteiger partial charge in [-0.25, -0.2) is 0 Å². The molecule has 0 aliphatic carbocycles. The van der Waals surface area contributed by atoms with Gasteiger partial charge in [0.1, 0.15) is 0 Å². The maximum absolute atomic E-state index is 11.2. The summed E-state index contributed by atoms with van der Waals surface area (Å²) in [6, 6.07) is 18.2. The van der Waals surface area contributed by atoms with Gasteiger partial charge in [0.25, 0.3) is 0 Å². The van der Waals surface area contributed by atoms with E-state index in [1.807, 2.05) is 49.4 Å². The molecule has 1 atom stereocenters. The van der Waals surface area contributed by atoms with Crippen molar-refractivity contribution in [2.45, 2.75) is 25.7 Å². The van der Waals surface area contributed by atoms with Crippen LogP contribution < -0.4 is 0 Å². The lowest BCUT2D eigenvalue weighted by Gasteiger charge is -2.14. The van der Waals surface area contributed by atoms with E-state index in [0.717, 1.165) is 35.0 Å². The Hall–Kier alpha value is -2.62. The monoisotopic (exact) mass is 308 g/mol. The predicted octanol–water partition coefficient (Wildman–Crippen LogP) is 4.47. The second kappa shape index (κ2) is 6.65. The van der Waals surface area contributed by atoms with Crippen LogP contribution in [0, 0.1) is 17.0 Å². The molecule has 0 spiro atoms. The van der Waals surface area contributed by atoms with Gasteiger partial charge in [0.15, 0.2) is 0 Å². The number of benzene rings is 2. The molecule has 4 heteroatoms. The lowest BCUT2D eigenvalue weighted by Crippen LogP contribution is -2.14. The summed E-state index contributed by atoms with van der Waals surface area (Å²) in [4.78, 5) is 14.3. The zero-order chi connectivity index (χ0) is 16.2. The molecule has 3 rings (SSSR count). The van der Waals surface area contributed by atoms with Gasteiger partial charge in [0, 0.05) is 21.5 Å². The summed E-state index contributed by atoms with van der Waals surface area (Å²) in [6.45, 7) is 1.97. The number of aromatic nitrogens is 1. The van der Waals surface area contributed by atoms with E-state index < -0.39 is 0 Å². The molecule has 0 aliphatic rings. The first-order chi connectivity index (χ1) is 11.1. The average Bonchev–Trinajstić information content (AvgIpc) is 2.88. The lowest BCUT2D eigenvalue weighted by atomic mass is 9.90. The number of nitrogens with one attached hydrogen (secondary N) is 1. The van der Waals surface area contributed by atoms with Crippen molar-refractivity contribution in [3.8, 4) is 0 Å². The Balaban J connectivity index is 1.91. The first-order valence-electron chi connectivity index (χ1n) is 7.88. The number of fused-ring (bicyclic) bond motifs is 1. The maximum atomic E-state index is 11.2. The first kappa shape index (κ1) is 15.3. The summed E-state index contributed by atoms with van der Waals surface area (Å²) in [5.41, 5.74) is 4.39. The lowest BCUT2D eigenvalue weighted by molar-refractivity contribution is -0.483. The number of hydrogen-bond donors (Lipinski definition) is 1. The molecule has 0 aliphatic heterocycles. The molecule has 1 unspecified atom stereocenters. The van der Waals surface area contributed by atoms with Gasteiger partial charge in [-0.05, 0) is 37.0 Å². The van der Waals surface area contributed by atoms with Crippen LogP contribution in [0.25, 0.3) is 10.9 Å². The first-order valence-corrected chi connectivity index (χ1v) is 7.88. The molecule has 1 N–H and O–H groups in total. The van der Waals surface area contributed by atoms with E-state index in [1.54, 1.807) is 0 Å². The third-order valence-corrected chi connectivity index (χ3v) is 4.35. The second-order valence-electron chi connectivity index (χ2n) is 5.95. The summed E-state index contributed by atoms with van der Waals surface area (Å²) >= 11 is 0. The fourth-order valence-corrected chi connectivity index (χ4v) is 3.32. The fourth-order valence-electron chi connectivity index (χ4n) is 3.32. The van der Waals surface area contributed by atoms with Gasteiger partial charge in [-0.15, -0.1) is 0 Å². The van der Waals surface area contributed by atoms with Crippen molar-refractivity contribution in [3.05, 3.63) is 81.5 Å². The Morgan fingerprint density at radius 3 is 2.52 bits per heavy atom. The topological polar surface area (TPSA) is 58.9 Å². The van der Waals surface area contributed by atoms with E-state index in [9.17, 15) is 10.1 Å². The van der Waals surface area contributed by atoms with E-state index in [-0.39, 0.29) is 17.4 Å². The van der Waals surface area contributed by atoms with Crippen molar-refractivity contribution in [2.24, 2.45) is 0 Å². The summed E-state index contributed by atoms with van der Waals surface area (Å²) in [5, 5.41) is 12.3. The minimum Gasteiger partial charge on any atom is -0.358 e. The molecule has 0 saturated carbocycles. The van der Waals surface area contributed by atoms with Crippen LogP contribution in [0.2, 0.25) is 0 Å². The van der Waals surface area contributed by atoms with Gasteiger partial charge < -0.3 is 4.98 Å². The normalized spacial score (nSPS) is 12.4. The Kier molecular flexibility index (Phi) is 4.42. The van der Waals surface area contributed by atoms with Crippen LogP contribution in [-0.2, 0) is 6.42 Å². The highest BCUT2D eigenvalue weighted by molar-refractivity contribution is 5.85. The van der Waals surface area contributed by atoms with Crippen molar-refractivity contribution in [3.63, 3.8) is 0 Å². The fraction of sp³-hybridized carbons (Fsp3) is 0.263. The van der Waals surface area contributed by atoms with Gasteiger partial charge in [-0.1, -0.05) is 48.5 Å². The Bertz CT molecular complexity index is 809. The van der Waals surface area contributed by atoms with Crippen molar-refractivity contribution < 1.29 is 4.92 Å². The number of aromatic amines is 1. The number of aryl methyl sites for hydroxylation is 2. The Morgan fingerprint density at radius 1 is 1.09 bits per heavy atom. The molecular formula is C19H20N2O2. The Morgan fingerprint density at radius 2 is 1.78 bits per heavy atom. The molecule has 2 aromatic carbocycles. The van der Waals surface area contributed by atoms with Crippen LogP contribution in [0.15, 0.2) is 54.6 Å². The SMILES string of the molecule is Cc1[nH]c2ccccc2c1C(CCc1ccccc1)C[N+](=O)[O-]. The molecule has 3 aromatic rings. The minimum absolute atomic E-state index is 0.0322. The molecule has 23 heavy (non-hydrogen) atoms. The van der Waals surface area contributed by atoms with Gasteiger partial charge >= 0.3 is 0 Å². The molecular weight excluding hydrogens is 288 g/mol. The number of rotatable bonds is 6. The smallest absolute Gasteiger partial charge is 0.210 e. The number of hydrogen-bond acceptors (Lipinski definition) is 2. The number of nitrogens with zero attached hydrogens (tertiary/aromatic N) is 1. The van der Waals surface area contributed by atoms with Crippen molar-refractivity contribution in [2.75, 3.05) is 6.54 Å². The highest BCUT2D eigenvalue weighted by Crippen LogP contribution is 2.32. The van der Waals surface area contributed by atoms with Crippen molar-refractivity contribution in [1.82, 2.24) is 4.98 Å². The van der Waals surface area contributed by atoms with Crippen LogP contribution >= 0.6 is 0 Å². The quantitative estimate of drug-likeness (QED) is 0.539. The van der Waals surface area contributed by atoms with Crippen molar-refractivity contribution >= 4 is 10.9 Å². The molecule has 1 heterocycles. The van der Waals surface area contributed by atoms with Gasteiger partial charge in [-0.3, -0.25) is 10.1 Å². The minimum atomic E-state index is -0.198.